The fourth-order valence-corrected chi connectivity index (χ4v) is 1.77. The quantitative estimate of drug-likeness (QED) is 0.843. The molecule has 92 valence electrons. The van der Waals surface area contributed by atoms with Crippen molar-refractivity contribution in [2.24, 2.45) is 5.92 Å². The molecule has 0 aliphatic carbocycles. The first-order valence-electron chi connectivity index (χ1n) is 5.99. The zero-order valence-corrected chi connectivity index (χ0v) is 10.4. The lowest BCUT2D eigenvalue weighted by molar-refractivity contribution is 0.602. The van der Waals surface area contributed by atoms with Crippen LogP contribution in [-0.4, -0.2) is 16.7 Å². The highest BCUT2D eigenvalue weighted by molar-refractivity contribution is 5.62. The van der Waals surface area contributed by atoms with Gasteiger partial charge in [0.05, 0.1) is 23.9 Å². The van der Waals surface area contributed by atoms with Gasteiger partial charge in [0.1, 0.15) is 0 Å². The smallest absolute Gasteiger partial charge is 0.0695 e. The van der Waals surface area contributed by atoms with Gasteiger partial charge >= 0.3 is 0 Å². The van der Waals surface area contributed by atoms with E-state index in [1.165, 1.54) is 0 Å². The van der Waals surface area contributed by atoms with Crippen LogP contribution in [0.15, 0.2) is 36.5 Å². The van der Waals surface area contributed by atoms with Crippen molar-refractivity contribution in [2.75, 3.05) is 6.54 Å². The number of benzene rings is 1. The Morgan fingerprint density at radius 1 is 1.39 bits per heavy atom. The van der Waals surface area contributed by atoms with E-state index in [0.29, 0.717) is 13.1 Å². The normalized spacial score (nSPS) is 12.0. The molecule has 2 aromatic rings. The van der Waals surface area contributed by atoms with E-state index < -0.39 is 0 Å². The minimum Gasteiger partial charge on any atom is -0.311 e. The number of aromatic amines is 1. The van der Waals surface area contributed by atoms with Gasteiger partial charge in [-0.1, -0.05) is 30.3 Å². The third-order valence-electron chi connectivity index (χ3n) is 2.77. The zero-order chi connectivity index (χ0) is 12.8. The summed E-state index contributed by atoms with van der Waals surface area (Å²) in [4.78, 5) is 0. The second kappa shape index (κ2) is 5.99. The Morgan fingerprint density at radius 2 is 2.17 bits per heavy atom. The minimum atomic E-state index is 0.0251. The van der Waals surface area contributed by atoms with Crippen LogP contribution in [0.25, 0.3) is 11.3 Å². The van der Waals surface area contributed by atoms with E-state index in [0.717, 1.165) is 16.8 Å². The molecule has 0 aliphatic heterocycles. The fourth-order valence-electron chi connectivity index (χ4n) is 1.77. The van der Waals surface area contributed by atoms with Gasteiger partial charge < -0.3 is 5.32 Å². The van der Waals surface area contributed by atoms with Crippen LogP contribution in [0.3, 0.4) is 0 Å². The molecule has 1 aromatic carbocycles. The maximum absolute atomic E-state index is 8.72. The van der Waals surface area contributed by atoms with Crippen molar-refractivity contribution in [1.29, 1.82) is 5.26 Å². The Labute approximate surface area is 107 Å². The van der Waals surface area contributed by atoms with Crippen LogP contribution >= 0.6 is 0 Å². The standard InChI is InChI=1S/C14H16N4/c1-11(7-15)8-16-9-13-10-17-18-14(13)12-5-3-2-4-6-12/h2-6,10-11,16H,8-9H2,1H3,(H,17,18). The zero-order valence-electron chi connectivity index (χ0n) is 10.4. The molecular weight excluding hydrogens is 224 g/mol. The Hall–Kier alpha value is -2.12. The number of rotatable bonds is 5. The van der Waals surface area contributed by atoms with Gasteiger partial charge in [-0.15, -0.1) is 0 Å². The van der Waals surface area contributed by atoms with E-state index in [1.54, 1.807) is 0 Å². The molecular formula is C14H16N4. The van der Waals surface area contributed by atoms with Gasteiger partial charge in [-0.3, -0.25) is 5.10 Å². The van der Waals surface area contributed by atoms with Crippen LogP contribution in [0.4, 0.5) is 0 Å². The van der Waals surface area contributed by atoms with Crippen molar-refractivity contribution >= 4 is 0 Å². The molecule has 0 saturated carbocycles. The van der Waals surface area contributed by atoms with Gasteiger partial charge in [-0.2, -0.15) is 10.4 Å². The average molecular weight is 240 g/mol. The van der Waals surface area contributed by atoms with Gasteiger partial charge in [0.25, 0.3) is 0 Å². The Bertz CT molecular complexity index is 524. The molecule has 0 radical (unpaired) electrons. The largest absolute Gasteiger partial charge is 0.311 e. The van der Waals surface area contributed by atoms with Gasteiger partial charge in [0.15, 0.2) is 0 Å². The SMILES string of the molecule is CC(C#N)CNCc1cn[nH]c1-c1ccccc1. The van der Waals surface area contributed by atoms with Crippen LogP contribution in [0.2, 0.25) is 0 Å². The third-order valence-corrected chi connectivity index (χ3v) is 2.77. The lowest BCUT2D eigenvalue weighted by atomic mass is 10.1. The summed E-state index contributed by atoms with van der Waals surface area (Å²) in [6.07, 6.45) is 1.83. The summed E-state index contributed by atoms with van der Waals surface area (Å²) in [6.45, 7) is 3.31. The van der Waals surface area contributed by atoms with Gasteiger partial charge in [0, 0.05) is 18.7 Å². The summed E-state index contributed by atoms with van der Waals surface area (Å²) in [5.74, 6) is 0.0251. The first-order valence-corrected chi connectivity index (χ1v) is 5.99. The predicted octanol–water partition coefficient (Wildman–Crippen LogP) is 2.33. The molecule has 0 bridgehead atoms. The number of hydrogen-bond donors (Lipinski definition) is 2. The highest BCUT2D eigenvalue weighted by Gasteiger charge is 2.07. The fraction of sp³-hybridized carbons (Fsp3) is 0.286. The molecule has 0 aliphatic rings. The number of hydrogen-bond acceptors (Lipinski definition) is 3. The molecule has 1 unspecified atom stereocenters. The van der Waals surface area contributed by atoms with E-state index in [1.807, 2.05) is 31.3 Å². The molecule has 1 heterocycles. The summed E-state index contributed by atoms with van der Waals surface area (Å²) in [6, 6.07) is 12.3. The van der Waals surface area contributed by atoms with Crippen LogP contribution in [0, 0.1) is 17.2 Å². The second-order valence-corrected chi connectivity index (χ2v) is 4.30. The van der Waals surface area contributed by atoms with Crippen LogP contribution < -0.4 is 5.32 Å². The first kappa shape index (κ1) is 12.3. The lowest BCUT2D eigenvalue weighted by Gasteiger charge is -2.06. The van der Waals surface area contributed by atoms with E-state index in [4.69, 9.17) is 5.26 Å². The third kappa shape index (κ3) is 2.96. The van der Waals surface area contributed by atoms with Crippen LogP contribution in [0.1, 0.15) is 12.5 Å². The molecule has 0 fully saturated rings. The van der Waals surface area contributed by atoms with Crippen molar-refractivity contribution in [1.82, 2.24) is 15.5 Å². The van der Waals surface area contributed by atoms with E-state index in [-0.39, 0.29) is 5.92 Å². The lowest BCUT2D eigenvalue weighted by Crippen LogP contribution is -2.19. The van der Waals surface area contributed by atoms with Gasteiger partial charge in [-0.05, 0) is 12.5 Å². The number of nitrogens with one attached hydrogen (secondary N) is 2. The van der Waals surface area contributed by atoms with Crippen molar-refractivity contribution in [3.63, 3.8) is 0 Å². The summed E-state index contributed by atoms with van der Waals surface area (Å²) in [5, 5.41) is 19.1. The number of H-pyrrole nitrogens is 1. The van der Waals surface area contributed by atoms with E-state index in [9.17, 15) is 0 Å². The molecule has 2 N–H and O–H groups in total. The molecule has 1 aromatic heterocycles. The van der Waals surface area contributed by atoms with Crippen LogP contribution in [0.5, 0.6) is 0 Å². The van der Waals surface area contributed by atoms with Crippen molar-refractivity contribution in [3.05, 3.63) is 42.1 Å². The van der Waals surface area contributed by atoms with Crippen molar-refractivity contribution in [2.45, 2.75) is 13.5 Å². The van der Waals surface area contributed by atoms with Gasteiger partial charge in [0.2, 0.25) is 0 Å². The molecule has 18 heavy (non-hydrogen) atoms. The Kier molecular flexibility index (Phi) is 4.11. The summed E-state index contributed by atoms with van der Waals surface area (Å²) in [7, 11) is 0. The molecule has 4 heteroatoms. The maximum atomic E-state index is 8.72. The highest BCUT2D eigenvalue weighted by atomic mass is 15.1. The predicted molar refractivity (Wildman–Crippen MR) is 70.5 cm³/mol. The summed E-state index contributed by atoms with van der Waals surface area (Å²) >= 11 is 0. The molecule has 0 spiro atoms. The summed E-state index contributed by atoms with van der Waals surface area (Å²) < 4.78 is 0. The van der Waals surface area contributed by atoms with Gasteiger partial charge in [-0.25, -0.2) is 0 Å². The topological polar surface area (TPSA) is 64.5 Å². The average Bonchev–Trinajstić information content (AvgIpc) is 2.88. The first-order chi connectivity index (χ1) is 8.81. The van der Waals surface area contributed by atoms with Crippen molar-refractivity contribution < 1.29 is 0 Å². The van der Waals surface area contributed by atoms with Crippen molar-refractivity contribution in [3.8, 4) is 17.3 Å². The molecule has 2 rings (SSSR count). The number of nitriles is 1. The number of nitrogens with zero attached hydrogens (tertiary/aromatic N) is 2. The molecule has 0 amide bonds. The van der Waals surface area contributed by atoms with E-state index >= 15 is 0 Å². The highest BCUT2D eigenvalue weighted by Crippen LogP contribution is 2.20. The van der Waals surface area contributed by atoms with E-state index in [2.05, 4.69) is 33.7 Å². The Balaban J connectivity index is 2.03. The molecule has 4 nitrogen and oxygen atoms in total. The van der Waals surface area contributed by atoms with Crippen LogP contribution in [-0.2, 0) is 6.54 Å². The Morgan fingerprint density at radius 3 is 2.89 bits per heavy atom. The molecule has 0 saturated heterocycles. The second-order valence-electron chi connectivity index (χ2n) is 4.30. The molecule has 1 atom stereocenters. The maximum Gasteiger partial charge on any atom is 0.0695 e. The number of aromatic nitrogens is 2. The monoisotopic (exact) mass is 240 g/mol. The summed E-state index contributed by atoms with van der Waals surface area (Å²) in [5.41, 5.74) is 3.28. The minimum absolute atomic E-state index is 0.0251.